The van der Waals surface area contributed by atoms with Gasteiger partial charge in [0.05, 0.1) is 24.9 Å². The van der Waals surface area contributed by atoms with Gasteiger partial charge in [-0.15, -0.1) is 5.10 Å². The van der Waals surface area contributed by atoms with Crippen molar-refractivity contribution in [2.75, 3.05) is 45.9 Å². The molecule has 1 fully saturated rings. The molecule has 0 saturated carbocycles. The monoisotopic (exact) mass is 522 g/mol. The molecule has 0 aliphatic carbocycles. The molecule has 1 saturated heterocycles. The number of benzene rings is 3. The number of para-hydroxylation sites is 1. The van der Waals surface area contributed by atoms with E-state index in [4.69, 9.17) is 4.74 Å². The molecule has 1 aromatic heterocycles. The van der Waals surface area contributed by atoms with Crippen molar-refractivity contribution in [3.8, 4) is 5.69 Å². The minimum absolute atomic E-state index is 0.0307. The maximum Gasteiger partial charge on any atom is 0.176 e. The van der Waals surface area contributed by atoms with Crippen molar-refractivity contribution in [3.05, 3.63) is 113 Å². The van der Waals surface area contributed by atoms with Crippen LogP contribution in [0.4, 0.5) is 0 Å². The first-order valence-corrected chi connectivity index (χ1v) is 13.8. The molecule has 202 valence electrons. The third kappa shape index (κ3) is 7.06. The molecular formula is C32H38N6O. The van der Waals surface area contributed by atoms with E-state index in [1.807, 2.05) is 10.7 Å². The van der Waals surface area contributed by atoms with Gasteiger partial charge in [0.25, 0.3) is 0 Å². The molecule has 5 rings (SSSR count). The quantitative estimate of drug-likeness (QED) is 0.261. The van der Waals surface area contributed by atoms with E-state index in [1.165, 1.54) is 11.1 Å². The normalized spacial score (nSPS) is 15.6. The van der Waals surface area contributed by atoms with Crippen LogP contribution in [-0.2, 0) is 11.2 Å². The minimum Gasteiger partial charge on any atom is -0.379 e. The van der Waals surface area contributed by atoms with Crippen molar-refractivity contribution in [2.24, 2.45) is 0 Å². The van der Waals surface area contributed by atoms with E-state index in [2.05, 4.69) is 124 Å². The summed E-state index contributed by atoms with van der Waals surface area (Å²) in [6.07, 6.45) is 5.35. The molecule has 1 aliphatic rings. The summed E-state index contributed by atoms with van der Waals surface area (Å²) in [5.41, 5.74) is 5.88. The summed E-state index contributed by atoms with van der Waals surface area (Å²) >= 11 is 0. The predicted molar refractivity (Wildman–Crippen MR) is 156 cm³/mol. The van der Waals surface area contributed by atoms with Crippen molar-refractivity contribution in [3.63, 3.8) is 0 Å². The summed E-state index contributed by atoms with van der Waals surface area (Å²) in [7, 11) is 0. The van der Waals surface area contributed by atoms with Crippen molar-refractivity contribution in [1.29, 1.82) is 0 Å². The highest BCUT2D eigenvalue weighted by atomic mass is 16.5. The lowest BCUT2D eigenvalue weighted by molar-refractivity contribution is 0.0297. The Hall–Kier alpha value is -3.65. The molecule has 7 nitrogen and oxygen atoms in total. The van der Waals surface area contributed by atoms with Crippen LogP contribution in [0.1, 0.15) is 34.1 Å². The summed E-state index contributed by atoms with van der Waals surface area (Å²) in [6, 6.07) is 27.2. The fraction of sp³-hybridized carbons (Fsp3) is 0.344. The van der Waals surface area contributed by atoms with E-state index in [0.717, 1.165) is 61.8 Å². The van der Waals surface area contributed by atoms with Crippen molar-refractivity contribution in [1.82, 2.24) is 30.0 Å². The number of hydrogen-bond donors (Lipinski definition) is 0. The predicted octanol–water partition coefficient (Wildman–Crippen LogP) is 4.91. The van der Waals surface area contributed by atoms with Gasteiger partial charge in [0.15, 0.2) is 5.82 Å². The number of tetrazole rings is 1. The number of aromatic nitrogens is 4. The van der Waals surface area contributed by atoms with E-state index >= 15 is 0 Å². The maximum atomic E-state index is 6.29. The van der Waals surface area contributed by atoms with Gasteiger partial charge in [-0.05, 0) is 52.9 Å². The van der Waals surface area contributed by atoms with Gasteiger partial charge in [0.1, 0.15) is 0 Å². The summed E-state index contributed by atoms with van der Waals surface area (Å²) in [5.74, 6) is 0.838. The molecule has 0 amide bonds. The molecule has 1 atom stereocenters. The standard InChI is InChI=1S/C32H38N6O/c1-26-11-9-12-27(2)31(26)38-32(33-34-35-38)30(25-39-24-18-29-15-7-4-8-16-29)37-22-20-36(21-23-37)19-10-17-28-13-5-3-6-14-28/h3-17,30H,18-25H2,1-2H3/b17-10+. The van der Waals surface area contributed by atoms with Gasteiger partial charge in [0, 0.05) is 32.7 Å². The van der Waals surface area contributed by atoms with Crippen LogP contribution in [0.2, 0.25) is 0 Å². The van der Waals surface area contributed by atoms with Crippen LogP contribution in [-0.4, -0.2) is 75.9 Å². The summed E-state index contributed by atoms with van der Waals surface area (Å²) in [6.45, 7) is 10.2. The molecule has 2 heterocycles. The van der Waals surface area contributed by atoms with Crippen molar-refractivity contribution >= 4 is 6.08 Å². The van der Waals surface area contributed by atoms with Gasteiger partial charge in [-0.3, -0.25) is 9.80 Å². The van der Waals surface area contributed by atoms with E-state index in [1.54, 1.807) is 0 Å². The van der Waals surface area contributed by atoms with E-state index in [-0.39, 0.29) is 6.04 Å². The molecular weight excluding hydrogens is 484 g/mol. The van der Waals surface area contributed by atoms with Gasteiger partial charge >= 0.3 is 0 Å². The third-order valence-corrected chi connectivity index (χ3v) is 7.42. The first-order chi connectivity index (χ1) is 19.2. The Kier molecular flexibility index (Phi) is 9.27. The highest BCUT2D eigenvalue weighted by molar-refractivity contribution is 5.49. The van der Waals surface area contributed by atoms with Crippen LogP contribution in [0, 0.1) is 13.8 Å². The number of piperazine rings is 1. The van der Waals surface area contributed by atoms with Crippen LogP contribution in [0.15, 0.2) is 84.9 Å². The summed E-state index contributed by atoms with van der Waals surface area (Å²) in [4.78, 5) is 4.98. The average Bonchev–Trinajstić information content (AvgIpc) is 3.44. The number of aryl methyl sites for hydroxylation is 2. The maximum absolute atomic E-state index is 6.29. The smallest absolute Gasteiger partial charge is 0.176 e. The van der Waals surface area contributed by atoms with Gasteiger partial charge in [-0.2, -0.15) is 4.68 Å². The molecule has 7 heteroatoms. The van der Waals surface area contributed by atoms with Crippen LogP contribution in [0.5, 0.6) is 0 Å². The Balaban J connectivity index is 1.28. The van der Waals surface area contributed by atoms with Crippen LogP contribution in [0.3, 0.4) is 0 Å². The van der Waals surface area contributed by atoms with Gasteiger partial charge in [-0.1, -0.05) is 91.0 Å². The lowest BCUT2D eigenvalue weighted by Gasteiger charge is -2.38. The SMILES string of the molecule is Cc1cccc(C)c1-n1nnnc1C(COCCc1ccccc1)N1CCN(C/C=C/c2ccccc2)CC1. The highest BCUT2D eigenvalue weighted by Gasteiger charge is 2.30. The van der Waals surface area contributed by atoms with Crippen molar-refractivity contribution in [2.45, 2.75) is 26.3 Å². The first kappa shape index (κ1) is 26.9. The minimum atomic E-state index is -0.0307. The second-order valence-electron chi connectivity index (χ2n) is 10.2. The highest BCUT2D eigenvalue weighted by Crippen LogP contribution is 2.26. The number of nitrogens with zero attached hydrogens (tertiary/aromatic N) is 6. The second-order valence-corrected chi connectivity index (χ2v) is 10.2. The Morgan fingerprint density at radius 2 is 1.54 bits per heavy atom. The fourth-order valence-electron chi connectivity index (χ4n) is 5.23. The van der Waals surface area contributed by atoms with E-state index in [9.17, 15) is 0 Å². The summed E-state index contributed by atoms with van der Waals surface area (Å²) in [5, 5.41) is 13.1. The third-order valence-electron chi connectivity index (χ3n) is 7.42. The zero-order valence-electron chi connectivity index (χ0n) is 23.0. The van der Waals surface area contributed by atoms with Gasteiger partial charge in [0.2, 0.25) is 0 Å². The topological polar surface area (TPSA) is 59.3 Å². The fourth-order valence-corrected chi connectivity index (χ4v) is 5.23. The zero-order valence-corrected chi connectivity index (χ0v) is 23.0. The number of rotatable bonds is 11. The van der Waals surface area contributed by atoms with Gasteiger partial charge in [-0.25, -0.2) is 0 Å². The first-order valence-electron chi connectivity index (χ1n) is 13.8. The lowest BCUT2D eigenvalue weighted by atomic mass is 10.1. The average molecular weight is 523 g/mol. The Morgan fingerprint density at radius 3 is 2.26 bits per heavy atom. The molecule has 0 bridgehead atoms. The molecule has 0 radical (unpaired) electrons. The molecule has 1 aliphatic heterocycles. The molecule has 0 spiro atoms. The largest absolute Gasteiger partial charge is 0.379 e. The van der Waals surface area contributed by atoms with E-state index in [0.29, 0.717) is 13.2 Å². The zero-order chi connectivity index (χ0) is 26.9. The van der Waals surface area contributed by atoms with Crippen molar-refractivity contribution < 1.29 is 4.74 Å². The lowest BCUT2D eigenvalue weighted by Crippen LogP contribution is -2.49. The number of hydrogen-bond acceptors (Lipinski definition) is 6. The molecule has 39 heavy (non-hydrogen) atoms. The van der Waals surface area contributed by atoms with Crippen LogP contribution >= 0.6 is 0 Å². The summed E-state index contributed by atoms with van der Waals surface area (Å²) < 4.78 is 8.21. The molecule has 4 aromatic rings. The number of ether oxygens (including phenoxy) is 1. The Morgan fingerprint density at radius 1 is 0.846 bits per heavy atom. The van der Waals surface area contributed by atoms with Gasteiger partial charge < -0.3 is 4.74 Å². The Bertz CT molecular complexity index is 1310. The molecule has 3 aromatic carbocycles. The Labute approximate surface area is 231 Å². The second kappa shape index (κ2) is 13.4. The van der Waals surface area contributed by atoms with Crippen LogP contribution in [0.25, 0.3) is 11.8 Å². The van der Waals surface area contributed by atoms with Crippen LogP contribution < -0.4 is 0 Å². The van der Waals surface area contributed by atoms with E-state index < -0.39 is 0 Å². The molecule has 1 unspecified atom stereocenters. The molecule has 0 N–H and O–H groups in total.